The second-order valence-corrected chi connectivity index (χ2v) is 4.36. The van der Waals surface area contributed by atoms with Crippen LogP contribution in [0.2, 0.25) is 0 Å². The van der Waals surface area contributed by atoms with Crippen molar-refractivity contribution in [1.29, 1.82) is 0 Å². The molecule has 1 aromatic rings. The second kappa shape index (κ2) is 2.66. The molecule has 0 heterocycles. The Morgan fingerprint density at radius 3 is 2.00 bits per heavy atom. The summed E-state index contributed by atoms with van der Waals surface area (Å²) in [6.07, 6.45) is 1.17. The molecule has 1 aromatic carbocycles. The maximum absolute atomic E-state index is 10.9. The molecule has 1 rings (SSSR count). The molecule has 2 radical (unpaired) electrons. The van der Waals surface area contributed by atoms with Crippen LogP contribution in [0.4, 0.5) is 0 Å². The van der Waals surface area contributed by atoms with Gasteiger partial charge in [0.2, 0.25) is 0 Å². The van der Waals surface area contributed by atoms with Crippen LogP contribution in [-0.4, -0.2) is 14.7 Å². The van der Waals surface area contributed by atoms with E-state index in [-0.39, 0.29) is 0 Å². The van der Waals surface area contributed by atoms with E-state index in [0.29, 0.717) is 10.5 Å². The molecule has 0 aliphatic carbocycles. The number of hydrogen-bond donors (Lipinski definition) is 0. The Morgan fingerprint density at radius 2 is 1.64 bits per heavy atom. The predicted octanol–water partition coefficient (Wildman–Crippen LogP) is 1.15. The van der Waals surface area contributed by atoms with E-state index in [1.165, 1.54) is 18.4 Å². The van der Waals surface area contributed by atoms with E-state index in [1.54, 1.807) is 12.1 Å². The highest BCUT2D eigenvalue weighted by molar-refractivity contribution is 7.90. The van der Waals surface area contributed by atoms with Crippen molar-refractivity contribution < 1.29 is 8.42 Å². The molecule has 0 aromatic heterocycles. The van der Waals surface area contributed by atoms with Gasteiger partial charge in [-0.2, -0.15) is 0 Å². The zero-order valence-electron chi connectivity index (χ0n) is 6.11. The van der Waals surface area contributed by atoms with Gasteiger partial charge in [0.15, 0.2) is 9.84 Å². The summed E-state index contributed by atoms with van der Waals surface area (Å²) in [4.78, 5) is 0.298. The molecule has 0 atom stereocenters. The summed E-state index contributed by atoms with van der Waals surface area (Å²) in [5.74, 6) is 0. The smallest absolute Gasteiger partial charge is 0.175 e. The van der Waals surface area contributed by atoms with E-state index in [1.807, 2.05) is 0 Å². The summed E-state index contributed by atoms with van der Waals surface area (Å²) in [7, 11) is -3.08. The molecule has 0 amide bonds. The van der Waals surface area contributed by atoms with Gasteiger partial charge in [-0.15, -0.1) is 0 Å². The molecule has 0 aliphatic heterocycles. The van der Waals surface area contributed by atoms with E-state index in [0.717, 1.165) is 0 Å². The van der Waals surface area contributed by atoms with Crippen molar-refractivity contribution in [2.45, 2.75) is 4.90 Å². The van der Waals surface area contributed by atoms with Crippen molar-refractivity contribution in [1.82, 2.24) is 0 Å². The van der Waals surface area contributed by atoms with Gasteiger partial charge in [-0.05, 0) is 24.6 Å². The molecule has 0 saturated heterocycles. The molecule has 0 bridgehead atoms. The molecule has 0 unspecified atom stereocenters. The molecule has 58 valence electrons. The molecule has 0 N–H and O–H groups in total. The Hall–Kier alpha value is -0.830. The lowest BCUT2D eigenvalue weighted by molar-refractivity contribution is 0.602. The first kappa shape index (κ1) is 8.27. The fourth-order valence-corrected chi connectivity index (χ4v) is 1.35. The molecular formula is C8H8O2S. The number of rotatable bonds is 1. The normalized spacial score (nSPS) is 11.5. The zero-order chi connectivity index (χ0) is 8.48. The number of sulfone groups is 1. The highest BCUT2D eigenvalue weighted by Gasteiger charge is 2.04. The Labute approximate surface area is 66.8 Å². The van der Waals surface area contributed by atoms with Gasteiger partial charge in [0.05, 0.1) is 4.90 Å². The molecule has 0 spiro atoms. The average molecular weight is 168 g/mol. The van der Waals surface area contributed by atoms with E-state index in [9.17, 15) is 8.42 Å². The molecule has 0 saturated carbocycles. The minimum atomic E-state index is -3.08. The van der Waals surface area contributed by atoms with Crippen molar-refractivity contribution in [3.63, 3.8) is 0 Å². The van der Waals surface area contributed by atoms with Gasteiger partial charge in [-0.1, -0.05) is 12.1 Å². The molecule has 0 fully saturated rings. The Bertz CT molecular complexity index is 335. The van der Waals surface area contributed by atoms with Crippen LogP contribution < -0.4 is 0 Å². The van der Waals surface area contributed by atoms with Gasteiger partial charge < -0.3 is 0 Å². The second-order valence-electron chi connectivity index (χ2n) is 2.34. The van der Waals surface area contributed by atoms with Crippen molar-refractivity contribution in [3.8, 4) is 0 Å². The Morgan fingerprint density at radius 1 is 1.18 bits per heavy atom. The van der Waals surface area contributed by atoms with Gasteiger partial charge in [0.25, 0.3) is 0 Å². The quantitative estimate of drug-likeness (QED) is 0.630. The van der Waals surface area contributed by atoms with E-state index in [4.69, 9.17) is 6.92 Å². The Balaban J connectivity index is 3.20. The molecule has 11 heavy (non-hydrogen) atoms. The minimum Gasteiger partial charge on any atom is -0.224 e. The van der Waals surface area contributed by atoms with E-state index in [2.05, 4.69) is 0 Å². The van der Waals surface area contributed by atoms with Crippen molar-refractivity contribution >= 4 is 9.84 Å². The van der Waals surface area contributed by atoms with Gasteiger partial charge in [0.1, 0.15) is 0 Å². The van der Waals surface area contributed by atoms with E-state index < -0.39 is 9.84 Å². The van der Waals surface area contributed by atoms with Crippen LogP contribution in [0.25, 0.3) is 0 Å². The molecule has 3 heteroatoms. The van der Waals surface area contributed by atoms with Crippen LogP contribution in [0.5, 0.6) is 0 Å². The van der Waals surface area contributed by atoms with Crippen LogP contribution in [0.15, 0.2) is 29.2 Å². The van der Waals surface area contributed by atoms with Gasteiger partial charge >= 0.3 is 0 Å². The third-order valence-electron chi connectivity index (χ3n) is 1.31. The van der Waals surface area contributed by atoms with Crippen LogP contribution in [0.3, 0.4) is 0 Å². The average Bonchev–Trinajstić information content (AvgIpc) is 1.86. The lowest BCUT2D eigenvalue weighted by atomic mass is 10.2. The summed E-state index contributed by atoms with van der Waals surface area (Å²) >= 11 is 0. The van der Waals surface area contributed by atoms with Crippen LogP contribution in [0.1, 0.15) is 5.56 Å². The van der Waals surface area contributed by atoms with E-state index >= 15 is 0 Å². The lowest BCUT2D eigenvalue weighted by Gasteiger charge is -1.96. The third kappa shape index (κ3) is 2.05. The highest BCUT2D eigenvalue weighted by atomic mass is 32.2. The Kier molecular flexibility index (Phi) is 2.00. The summed E-state index contributed by atoms with van der Waals surface area (Å²) in [6.45, 7) is 5.38. The summed E-state index contributed by atoms with van der Waals surface area (Å²) in [5, 5.41) is 0. The largest absolute Gasteiger partial charge is 0.224 e. The molecular weight excluding hydrogens is 160 g/mol. The third-order valence-corrected chi connectivity index (χ3v) is 2.44. The van der Waals surface area contributed by atoms with Gasteiger partial charge in [0, 0.05) is 6.26 Å². The van der Waals surface area contributed by atoms with Crippen LogP contribution in [-0.2, 0) is 9.84 Å². The standard InChI is InChI=1S/C8H8O2S/c1-7-3-5-8(6-4-7)11(2,9)10/h1,3-6H,2H3. The number of benzene rings is 1. The maximum atomic E-state index is 10.9. The first-order valence-corrected chi connectivity index (χ1v) is 4.95. The molecule has 0 aliphatic rings. The highest BCUT2D eigenvalue weighted by Crippen LogP contribution is 2.08. The summed E-state index contributed by atoms with van der Waals surface area (Å²) in [6, 6.07) is 6.11. The predicted molar refractivity (Wildman–Crippen MR) is 43.0 cm³/mol. The summed E-state index contributed by atoms with van der Waals surface area (Å²) in [5.41, 5.74) is 0.567. The topological polar surface area (TPSA) is 34.1 Å². The van der Waals surface area contributed by atoms with Crippen molar-refractivity contribution in [2.24, 2.45) is 0 Å². The van der Waals surface area contributed by atoms with Crippen LogP contribution in [0, 0.1) is 6.92 Å². The number of hydrogen-bond acceptors (Lipinski definition) is 2. The SMILES string of the molecule is [CH]c1ccc(S(C)(=O)=O)cc1. The van der Waals surface area contributed by atoms with Gasteiger partial charge in [-0.25, -0.2) is 8.42 Å². The van der Waals surface area contributed by atoms with Gasteiger partial charge in [-0.3, -0.25) is 0 Å². The fraction of sp³-hybridized carbons (Fsp3) is 0.125. The summed E-state index contributed by atoms with van der Waals surface area (Å²) < 4.78 is 21.8. The van der Waals surface area contributed by atoms with Crippen molar-refractivity contribution in [3.05, 3.63) is 36.8 Å². The first-order chi connectivity index (χ1) is 5.00. The first-order valence-electron chi connectivity index (χ1n) is 3.06. The molecule has 2 nitrogen and oxygen atoms in total. The zero-order valence-corrected chi connectivity index (χ0v) is 6.93. The monoisotopic (exact) mass is 168 g/mol. The van der Waals surface area contributed by atoms with Crippen LogP contribution >= 0.6 is 0 Å². The maximum Gasteiger partial charge on any atom is 0.175 e. The minimum absolute atomic E-state index is 0.298. The fourth-order valence-electron chi connectivity index (χ4n) is 0.715. The van der Waals surface area contributed by atoms with Crippen molar-refractivity contribution in [2.75, 3.05) is 6.26 Å². The lowest BCUT2D eigenvalue weighted by Crippen LogP contribution is -1.95.